The summed E-state index contributed by atoms with van der Waals surface area (Å²) in [6, 6.07) is 3.90. The average Bonchev–Trinajstić information content (AvgIpc) is 2.46. The van der Waals surface area contributed by atoms with E-state index in [1.165, 1.54) is 19.2 Å². The number of carbonyl (C=O) groups is 1. The van der Waals surface area contributed by atoms with E-state index in [-0.39, 0.29) is 11.9 Å². The first-order valence-electron chi connectivity index (χ1n) is 6.74. The number of ether oxygens (including phenoxy) is 1. The van der Waals surface area contributed by atoms with Gasteiger partial charge in [0.15, 0.2) is 0 Å². The van der Waals surface area contributed by atoms with E-state index in [0.717, 1.165) is 19.4 Å². The minimum Gasteiger partial charge on any atom is -0.469 e. The molecule has 2 rings (SSSR count). The van der Waals surface area contributed by atoms with Crippen molar-refractivity contribution >= 4 is 11.7 Å². The molecule has 21 heavy (non-hydrogen) atoms. The first-order valence-corrected chi connectivity index (χ1v) is 6.74. The molecule has 1 saturated heterocycles. The van der Waals surface area contributed by atoms with Crippen LogP contribution in [-0.2, 0) is 16.1 Å². The molecule has 1 atom stereocenters. The van der Waals surface area contributed by atoms with Gasteiger partial charge < -0.3 is 4.74 Å². The van der Waals surface area contributed by atoms with E-state index in [1.807, 2.05) is 4.90 Å². The summed E-state index contributed by atoms with van der Waals surface area (Å²) in [6.45, 7) is 1.83. The largest absolute Gasteiger partial charge is 0.469 e. The summed E-state index contributed by atoms with van der Waals surface area (Å²) in [6.07, 6.45) is 1.66. The average molecular weight is 296 g/mol. The summed E-state index contributed by atoms with van der Waals surface area (Å²) in [7, 11) is 1.37. The van der Waals surface area contributed by atoms with Crippen LogP contribution in [0.1, 0.15) is 18.4 Å². The van der Waals surface area contributed by atoms with Crippen LogP contribution in [0, 0.1) is 21.8 Å². The fraction of sp³-hybridized carbons (Fsp3) is 0.500. The number of rotatable bonds is 4. The molecule has 7 heteroatoms. The molecule has 0 aliphatic carbocycles. The van der Waals surface area contributed by atoms with Gasteiger partial charge in [0.05, 0.1) is 18.0 Å². The number of likely N-dealkylation sites (tertiary alicyclic amines) is 1. The second-order valence-corrected chi connectivity index (χ2v) is 5.14. The van der Waals surface area contributed by atoms with Crippen LogP contribution in [0.3, 0.4) is 0 Å². The Bertz CT molecular complexity index is 550. The second-order valence-electron chi connectivity index (χ2n) is 5.14. The predicted octanol–water partition coefficient (Wildman–Crippen LogP) is 2.12. The van der Waals surface area contributed by atoms with Crippen molar-refractivity contribution in [3.8, 4) is 0 Å². The molecule has 114 valence electrons. The number of halogens is 1. The van der Waals surface area contributed by atoms with Gasteiger partial charge in [-0.3, -0.25) is 19.8 Å². The number of hydrogen-bond donors (Lipinski definition) is 0. The first kappa shape index (κ1) is 15.4. The zero-order valence-corrected chi connectivity index (χ0v) is 11.8. The standard InChI is InChI=1S/C14H17FN2O4/c1-21-14(18)11-3-2-6-16(9-11)8-10-4-5-13(17(19)20)12(15)7-10/h4-5,7,11H,2-3,6,8-9H2,1H3. The van der Waals surface area contributed by atoms with Gasteiger partial charge in [-0.25, -0.2) is 0 Å². The molecule has 0 spiro atoms. The van der Waals surface area contributed by atoms with Crippen LogP contribution < -0.4 is 0 Å². The molecule has 1 fully saturated rings. The van der Waals surface area contributed by atoms with Crippen LogP contribution in [0.25, 0.3) is 0 Å². The van der Waals surface area contributed by atoms with Crippen LogP contribution in [0.5, 0.6) is 0 Å². The normalized spacial score (nSPS) is 19.2. The zero-order chi connectivity index (χ0) is 15.4. The number of nitro groups is 1. The van der Waals surface area contributed by atoms with Gasteiger partial charge in [0.1, 0.15) is 0 Å². The fourth-order valence-electron chi connectivity index (χ4n) is 2.61. The Labute approximate surface area is 121 Å². The van der Waals surface area contributed by atoms with Gasteiger partial charge in [-0.2, -0.15) is 4.39 Å². The molecule has 0 saturated carbocycles. The van der Waals surface area contributed by atoms with Gasteiger partial charge in [-0.15, -0.1) is 0 Å². The molecule has 1 aromatic rings. The highest BCUT2D eigenvalue weighted by molar-refractivity contribution is 5.72. The van der Waals surface area contributed by atoms with Crippen LogP contribution in [0.4, 0.5) is 10.1 Å². The van der Waals surface area contributed by atoms with Crippen molar-refractivity contribution in [3.05, 3.63) is 39.7 Å². The van der Waals surface area contributed by atoms with Crippen LogP contribution in [0.2, 0.25) is 0 Å². The maximum Gasteiger partial charge on any atom is 0.309 e. The Morgan fingerprint density at radius 2 is 2.33 bits per heavy atom. The number of benzene rings is 1. The highest BCUT2D eigenvalue weighted by atomic mass is 19.1. The maximum absolute atomic E-state index is 13.6. The summed E-state index contributed by atoms with van der Waals surface area (Å²) >= 11 is 0. The van der Waals surface area contributed by atoms with E-state index in [2.05, 4.69) is 0 Å². The van der Waals surface area contributed by atoms with Gasteiger partial charge in [-0.1, -0.05) is 6.07 Å². The van der Waals surface area contributed by atoms with Crippen molar-refractivity contribution in [1.29, 1.82) is 0 Å². The Morgan fingerprint density at radius 3 is 2.95 bits per heavy atom. The lowest BCUT2D eigenvalue weighted by molar-refractivity contribution is -0.387. The van der Waals surface area contributed by atoms with E-state index in [9.17, 15) is 19.3 Å². The molecular formula is C14H17FN2O4. The summed E-state index contributed by atoms with van der Waals surface area (Å²) in [5, 5.41) is 10.6. The van der Waals surface area contributed by atoms with E-state index in [1.54, 1.807) is 6.07 Å². The minimum atomic E-state index is -0.834. The number of piperidine rings is 1. The van der Waals surface area contributed by atoms with Crippen molar-refractivity contribution in [3.63, 3.8) is 0 Å². The van der Waals surface area contributed by atoms with Crippen LogP contribution >= 0.6 is 0 Å². The third-order valence-corrected chi connectivity index (χ3v) is 3.66. The number of hydrogen-bond acceptors (Lipinski definition) is 5. The Hall–Kier alpha value is -2.02. The Morgan fingerprint density at radius 1 is 1.57 bits per heavy atom. The number of esters is 1. The van der Waals surface area contributed by atoms with Gasteiger partial charge >= 0.3 is 11.7 Å². The molecule has 1 unspecified atom stereocenters. The van der Waals surface area contributed by atoms with Crippen molar-refractivity contribution in [2.45, 2.75) is 19.4 Å². The van der Waals surface area contributed by atoms with Gasteiger partial charge in [0.2, 0.25) is 5.82 Å². The molecule has 6 nitrogen and oxygen atoms in total. The summed E-state index contributed by atoms with van der Waals surface area (Å²) in [5.41, 5.74) is 0.133. The summed E-state index contributed by atoms with van der Waals surface area (Å²) < 4.78 is 18.3. The summed E-state index contributed by atoms with van der Waals surface area (Å²) in [5.74, 6) is -1.22. The van der Waals surface area contributed by atoms with Crippen molar-refractivity contribution in [2.24, 2.45) is 5.92 Å². The number of nitrogens with zero attached hydrogens (tertiary/aromatic N) is 2. The fourth-order valence-corrected chi connectivity index (χ4v) is 2.61. The molecular weight excluding hydrogens is 279 g/mol. The monoisotopic (exact) mass is 296 g/mol. The van der Waals surface area contributed by atoms with Gasteiger partial charge in [0, 0.05) is 19.2 Å². The Kier molecular flexibility index (Phi) is 4.85. The minimum absolute atomic E-state index is 0.161. The molecule has 0 bridgehead atoms. The summed E-state index contributed by atoms with van der Waals surface area (Å²) in [4.78, 5) is 23.4. The molecule has 0 radical (unpaired) electrons. The molecule has 1 aliphatic rings. The molecule has 1 aliphatic heterocycles. The third-order valence-electron chi connectivity index (χ3n) is 3.66. The van der Waals surface area contributed by atoms with E-state index in [4.69, 9.17) is 4.74 Å². The highest BCUT2D eigenvalue weighted by Gasteiger charge is 2.26. The SMILES string of the molecule is COC(=O)C1CCCN(Cc2ccc([N+](=O)[O-])c(F)c2)C1. The smallest absolute Gasteiger partial charge is 0.309 e. The maximum atomic E-state index is 13.6. The van der Waals surface area contributed by atoms with Gasteiger partial charge in [0.25, 0.3) is 0 Å². The predicted molar refractivity (Wildman–Crippen MR) is 73.1 cm³/mol. The quantitative estimate of drug-likeness (QED) is 0.483. The van der Waals surface area contributed by atoms with Crippen LogP contribution in [0.15, 0.2) is 18.2 Å². The number of nitro benzene ring substituents is 1. The van der Waals surface area contributed by atoms with Gasteiger partial charge in [-0.05, 0) is 31.0 Å². The van der Waals surface area contributed by atoms with E-state index >= 15 is 0 Å². The van der Waals surface area contributed by atoms with E-state index in [0.29, 0.717) is 18.7 Å². The lowest BCUT2D eigenvalue weighted by atomic mass is 9.98. The van der Waals surface area contributed by atoms with Crippen molar-refractivity contribution in [2.75, 3.05) is 20.2 Å². The number of carbonyl (C=O) groups excluding carboxylic acids is 1. The zero-order valence-electron chi connectivity index (χ0n) is 11.8. The molecule has 1 aromatic carbocycles. The molecule has 0 N–H and O–H groups in total. The molecule has 0 amide bonds. The first-order chi connectivity index (χ1) is 10.0. The highest BCUT2D eigenvalue weighted by Crippen LogP contribution is 2.22. The topological polar surface area (TPSA) is 72.7 Å². The van der Waals surface area contributed by atoms with Crippen molar-refractivity contribution in [1.82, 2.24) is 4.90 Å². The lowest BCUT2D eigenvalue weighted by Crippen LogP contribution is -2.38. The second kappa shape index (κ2) is 6.62. The van der Waals surface area contributed by atoms with E-state index < -0.39 is 16.4 Å². The third kappa shape index (κ3) is 3.75. The van der Waals surface area contributed by atoms with Crippen molar-refractivity contribution < 1.29 is 18.8 Å². The molecule has 1 heterocycles. The lowest BCUT2D eigenvalue weighted by Gasteiger charge is -2.31. The number of methoxy groups -OCH3 is 1. The van der Waals surface area contributed by atoms with Crippen LogP contribution in [-0.4, -0.2) is 36.0 Å². The Balaban J connectivity index is 2.03. The molecule has 0 aromatic heterocycles.